The van der Waals surface area contributed by atoms with Gasteiger partial charge in [-0.2, -0.15) is 0 Å². The average Bonchev–Trinajstić information content (AvgIpc) is 2.12. The second-order valence-corrected chi connectivity index (χ2v) is 1.95. The molecule has 0 radical (unpaired) electrons. The van der Waals surface area contributed by atoms with Crippen LogP contribution in [0.3, 0.4) is 0 Å². The first-order valence-corrected chi connectivity index (χ1v) is 2.70. The quantitative estimate of drug-likeness (QED) is 0.514. The molecule has 1 rings (SSSR count). The van der Waals surface area contributed by atoms with E-state index in [-0.39, 0.29) is 5.92 Å². The number of hydrogen-bond acceptors (Lipinski definition) is 1. The van der Waals surface area contributed by atoms with Gasteiger partial charge in [0.2, 0.25) is 0 Å². The van der Waals surface area contributed by atoms with Crippen molar-refractivity contribution in [2.75, 3.05) is 0 Å². The maximum atomic E-state index is 10.2. The molecule has 0 aromatic heterocycles. The molecule has 1 atom stereocenters. The Balaban J connectivity index is 2.48. The first-order valence-electron chi connectivity index (χ1n) is 2.70. The molecule has 0 amide bonds. The minimum atomic E-state index is -0.696. The summed E-state index contributed by atoms with van der Waals surface area (Å²) in [5.74, 6) is -0.895. The minimum absolute atomic E-state index is 0.199. The maximum Gasteiger partial charge on any atom is 0.310 e. The lowest BCUT2D eigenvalue weighted by molar-refractivity contribution is -0.140. The fourth-order valence-electron chi connectivity index (χ4n) is 0.838. The molecule has 1 aliphatic rings. The molecule has 0 saturated carbocycles. The summed E-state index contributed by atoms with van der Waals surface area (Å²) in [7, 11) is 0. The van der Waals surface area contributed by atoms with Crippen LogP contribution in [-0.4, -0.2) is 11.1 Å². The number of carboxylic acid groups (broad SMARTS) is 1. The zero-order valence-electron chi connectivity index (χ0n) is 4.50. The lowest BCUT2D eigenvalue weighted by Gasteiger charge is -1.95. The van der Waals surface area contributed by atoms with Crippen molar-refractivity contribution in [3.8, 4) is 0 Å². The molecule has 0 unspecified atom stereocenters. The van der Waals surface area contributed by atoms with Crippen molar-refractivity contribution in [1.82, 2.24) is 0 Å². The number of carboxylic acids is 1. The molecule has 0 heterocycles. The van der Waals surface area contributed by atoms with Crippen LogP contribution in [0.2, 0.25) is 0 Å². The van der Waals surface area contributed by atoms with Gasteiger partial charge in [-0.15, -0.1) is 0 Å². The average molecular weight is 112 g/mol. The minimum Gasteiger partial charge on any atom is -0.481 e. The lowest BCUT2D eigenvalue weighted by atomic mass is 10.1. The van der Waals surface area contributed by atoms with Crippen LogP contribution in [0.4, 0.5) is 0 Å². The van der Waals surface area contributed by atoms with Gasteiger partial charge in [-0.1, -0.05) is 12.2 Å². The standard InChI is InChI=1S/C6H8O2/c7-6(8)5-3-1-2-4-5/h1,3,5H,2,4H2,(H,7,8)/t5-/m0/s1. The van der Waals surface area contributed by atoms with Gasteiger partial charge >= 0.3 is 5.97 Å². The highest BCUT2D eigenvalue weighted by Gasteiger charge is 2.15. The van der Waals surface area contributed by atoms with Crippen LogP contribution in [0.15, 0.2) is 12.2 Å². The Bertz CT molecular complexity index is 126. The first-order chi connectivity index (χ1) is 3.80. The Hall–Kier alpha value is -0.790. The highest BCUT2D eigenvalue weighted by molar-refractivity contribution is 5.72. The van der Waals surface area contributed by atoms with Gasteiger partial charge in [-0.25, -0.2) is 0 Å². The molecule has 1 aliphatic carbocycles. The molecule has 0 bridgehead atoms. The number of hydrogen-bond donors (Lipinski definition) is 1. The van der Waals surface area contributed by atoms with E-state index < -0.39 is 5.97 Å². The van der Waals surface area contributed by atoms with E-state index in [0.717, 1.165) is 12.8 Å². The fourth-order valence-corrected chi connectivity index (χ4v) is 0.838. The molecule has 0 aromatic carbocycles. The number of carbonyl (C=O) groups is 1. The summed E-state index contributed by atoms with van der Waals surface area (Å²) in [6.07, 6.45) is 5.38. The Kier molecular flexibility index (Phi) is 1.33. The maximum absolute atomic E-state index is 10.2. The van der Waals surface area contributed by atoms with Gasteiger partial charge in [-0.05, 0) is 12.8 Å². The summed E-state index contributed by atoms with van der Waals surface area (Å²) < 4.78 is 0. The summed E-state index contributed by atoms with van der Waals surface area (Å²) >= 11 is 0. The normalized spacial score (nSPS) is 26.2. The van der Waals surface area contributed by atoms with Crippen molar-refractivity contribution in [3.05, 3.63) is 12.2 Å². The molecule has 2 nitrogen and oxygen atoms in total. The highest BCUT2D eigenvalue weighted by atomic mass is 16.4. The van der Waals surface area contributed by atoms with Crippen LogP contribution in [0.5, 0.6) is 0 Å². The third-order valence-corrected chi connectivity index (χ3v) is 1.33. The monoisotopic (exact) mass is 112 g/mol. The van der Waals surface area contributed by atoms with Crippen molar-refractivity contribution in [3.63, 3.8) is 0 Å². The molecule has 1 N–H and O–H groups in total. The zero-order chi connectivity index (χ0) is 5.98. The Morgan fingerprint density at radius 1 is 1.75 bits per heavy atom. The van der Waals surface area contributed by atoms with E-state index in [1.54, 1.807) is 6.08 Å². The topological polar surface area (TPSA) is 37.3 Å². The Labute approximate surface area is 47.8 Å². The number of aliphatic carboxylic acids is 1. The predicted molar refractivity (Wildman–Crippen MR) is 29.5 cm³/mol. The van der Waals surface area contributed by atoms with E-state index in [2.05, 4.69) is 0 Å². The van der Waals surface area contributed by atoms with Gasteiger partial charge in [-0.3, -0.25) is 4.79 Å². The smallest absolute Gasteiger partial charge is 0.310 e. The lowest BCUT2D eigenvalue weighted by Crippen LogP contribution is -2.06. The van der Waals surface area contributed by atoms with Gasteiger partial charge in [0.1, 0.15) is 0 Å². The first kappa shape index (κ1) is 5.35. The second-order valence-electron chi connectivity index (χ2n) is 1.95. The van der Waals surface area contributed by atoms with Crippen molar-refractivity contribution in [2.45, 2.75) is 12.8 Å². The molecular weight excluding hydrogens is 104 g/mol. The SMILES string of the molecule is O=C(O)[C@H]1C=CCC1. The van der Waals surface area contributed by atoms with Crippen LogP contribution in [0, 0.1) is 5.92 Å². The third-order valence-electron chi connectivity index (χ3n) is 1.33. The van der Waals surface area contributed by atoms with Gasteiger partial charge in [0.15, 0.2) is 0 Å². The molecular formula is C6H8O2. The largest absolute Gasteiger partial charge is 0.481 e. The van der Waals surface area contributed by atoms with E-state index in [0.29, 0.717) is 0 Å². The highest BCUT2D eigenvalue weighted by Crippen LogP contribution is 2.15. The Morgan fingerprint density at radius 2 is 2.50 bits per heavy atom. The summed E-state index contributed by atoms with van der Waals surface area (Å²) in [4.78, 5) is 10.2. The van der Waals surface area contributed by atoms with Crippen molar-refractivity contribution in [1.29, 1.82) is 0 Å². The summed E-state index contributed by atoms with van der Waals surface area (Å²) in [6.45, 7) is 0. The predicted octanol–water partition coefficient (Wildman–Crippen LogP) is 1.04. The summed E-state index contributed by atoms with van der Waals surface area (Å²) in [5, 5.41) is 8.36. The van der Waals surface area contributed by atoms with Gasteiger partial charge < -0.3 is 5.11 Å². The molecule has 0 fully saturated rings. The van der Waals surface area contributed by atoms with Crippen LogP contribution in [0.25, 0.3) is 0 Å². The zero-order valence-corrected chi connectivity index (χ0v) is 4.50. The van der Waals surface area contributed by atoms with E-state index in [4.69, 9.17) is 5.11 Å². The van der Waals surface area contributed by atoms with E-state index in [1.807, 2.05) is 6.08 Å². The van der Waals surface area contributed by atoms with Crippen molar-refractivity contribution >= 4 is 5.97 Å². The summed E-state index contributed by atoms with van der Waals surface area (Å²) in [5.41, 5.74) is 0. The summed E-state index contributed by atoms with van der Waals surface area (Å²) in [6, 6.07) is 0. The molecule has 44 valence electrons. The fraction of sp³-hybridized carbons (Fsp3) is 0.500. The van der Waals surface area contributed by atoms with Crippen LogP contribution in [0.1, 0.15) is 12.8 Å². The van der Waals surface area contributed by atoms with Gasteiger partial charge in [0.25, 0.3) is 0 Å². The number of allylic oxidation sites excluding steroid dienone is 1. The van der Waals surface area contributed by atoms with Crippen LogP contribution in [-0.2, 0) is 4.79 Å². The van der Waals surface area contributed by atoms with Crippen molar-refractivity contribution < 1.29 is 9.90 Å². The molecule has 0 saturated heterocycles. The molecule has 0 spiro atoms. The second kappa shape index (κ2) is 1.99. The van der Waals surface area contributed by atoms with Gasteiger partial charge in [0.05, 0.1) is 5.92 Å². The molecule has 8 heavy (non-hydrogen) atoms. The molecule has 0 aliphatic heterocycles. The van der Waals surface area contributed by atoms with E-state index in [9.17, 15) is 4.79 Å². The Morgan fingerprint density at radius 3 is 2.75 bits per heavy atom. The third kappa shape index (κ3) is 0.886. The number of rotatable bonds is 1. The molecule has 2 heteroatoms. The van der Waals surface area contributed by atoms with Gasteiger partial charge in [0, 0.05) is 0 Å². The van der Waals surface area contributed by atoms with Crippen LogP contribution < -0.4 is 0 Å². The van der Waals surface area contributed by atoms with E-state index in [1.165, 1.54) is 0 Å². The van der Waals surface area contributed by atoms with Crippen molar-refractivity contribution in [2.24, 2.45) is 5.92 Å². The van der Waals surface area contributed by atoms with Crippen LogP contribution >= 0.6 is 0 Å². The molecule has 0 aromatic rings. The van der Waals surface area contributed by atoms with E-state index >= 15 is 0 Å².